The molecule has 2 rings (SSSR count). The van der Waals surface area contributed by atoms with E-state index in [1.807, 2.05) is 4.90 Å². The van der Waals surface area contributed by atoms with Gasteiger partial charge in [-0.05, 0) is 32.1 Å². The first-order valence-corrected chi connectivity index (χ1v) is 6.00. The van der Waals surface area contributed by atoms with Crippen LogP contribution in [0.15, 0.2) is 0 Å². The third-order valence-corrected chi connectivity index (χ3v) is 3.15. The van der Waals surface area contributed by atoms with Gasteiger partial charge in [0.1, 0.15) is 0 Å². The molecule has 1 unspecified atom stereocenters. The van der Waals surface area contributed by atoms with Gasteiger partial charge < -0.3 is 15.0 Å². The van der Waals surface area contributed by atoms with Crippen LogP contribution in [-0.4, -0.2) is 43.3 Å². The molecule has 4 nitrogen and oxygen atoms in total. The Balaban J connectivity index is 1.65. The van der Waals surface area contributed by atoms with Crippen LogP contribution < -0.4 is 5.32 Å². The van der Waals surface area contributed by atoms with Crippen molar-refractivity contribution in [3.8, 4) is 0 Å². The lowest BCUT2D eigenvalue weighted by Crippen LogP contribution is -2.42. The molecule has 0 saturated carbocycles. The van der Waals surface area contributed by atoms with Gasteiger partial charge in [0.15, 0.2) is 0 Å². The van der Waals surface area contributed by atoms with E-state index in [4.69, 9.17) is 4.74 Å². The van der Waals surface area contributed by atoms with E-state index >= 15 is 0 Å². The van der Waals surface area contributed by atoms with Gasteiger partial charge in [-0.15, -0.1) is 0 Å². The van der Waals surface area contributed by atoms with Gasteiger partial charge in [-0.3, -0.25) is 0 Å². The zero-order valence-electron chi connectivity index (χ0n) is 9.21. The van der Waals surface area contributed by atoms with Gasteiger partial charge in [-0.1, -0.05) is 0 Å². The van der Waals surface area contributed by atoms with E-state index in [-0.39, 0.29) is 12.1 Å². The summed E-state index contributed by atoms with van der Waals surface area (Å²) in [6, 6.07) is 0.0849. The molecular formula is C11H20N2O2. The normalized spacial score (nSPS) is 26.7. The molecule has 2 saturated heterocycles. The highest BCUT2D eigenvalue weighted by Crippen LogP contribution is 2.12. The van der Waals surface area contributed by atoms with Gasteiger partial charge in [0.05, 0.1) is 6.10 Å². The number of urea groups is 1. The summed E-state index contributed by atoms with van der Waals surface area (Å²) in [6.07, 6.45) is 6.01. The van der Waals surface area contributed by atoms with E-state index in [1.165, 1.54) is 6.42 Å². The maximum Gasteiger partial charge on any atom is 0.317 e. The van der Waals surface area contributed by atoms with Crippen molar-refractivity contribution in [1.82, 2.24) is 10.2 Å². The predicted molar refractivity (Wildman–Crippen MR) is 57.8 cm³/mol. The van der Waals surface area contributed by atoms with Crippen molar-refractivity contribution in [2.24, 2.45) is 0 Å². The first kappa shape index (κ1) is 10.7. The van der Waals surface area contributed by atoms with Crippen LogP contribution in [0, 0.1) is 0 Å². The molecule has 1 N–H and O–H groups in total. The molecular weight excluding hydrogens is 192 g/mol. The molecule has 2 amide bonds. The first-order chi connectivity index (χ1) is 7.36. The highest BCUT2D eigenvalue weighted by atomic mass is 16.5. The highest BCUT2D eigenvalue weighted by Gasteiger charge is 2.19. The molecule has 0 aromatic rings. The Bertz CT molecular complexity index is 209. The van der Waals surface area contributed by atoms with Crippen molar-refractivity contribution in [2.45, 2.75) is 38.2 Å². The standard InChI is InChI=1S/C11H20N2O2/c14-11(13-6-2-3-7-13)12-9-10-5-1-4-8-15-10/h10H,1-9H2,(H,12,14). The fraction of sp³-hybridized carbons (Fsp3) is 0.909. The Morgan fingerprint density at radius 1 is 1.27 bits per heavy atom. The lowest BCUT2D eigenvalue weighted by atomic mass is 10.1. The Hall–Kier alpha value is -0.770. The molecule has 2 aliphatic rings. The molecule has 0 aromatic carbocycles. The summed E-state index contributed by atoms with van der Waals surface area (Å²) in [6.45, 7) is 3.36. The number of likely N-dealkylation sites (tertiary alicyclic amines) is 1. The maximum absolute atomic E-state index is 11.6. The molecule has 2 heterocycles. The van der Waals surface area contributed by atoms with Crippen LogP contribution in [0.25, 0.3) is 0 Å². The quantitative estimate of drug-likeness (QED) is 0.751. The van der Waals surface area contributed by atoms with Crippen LogP contribution >= 0.6 is 0 Å². The Kier molecular flexibility index (Phi) is 3.83. The molecule has 4 heteroatoms. The molecule has 2 aliphatic heterocycles. The number of rotatable bonds is 2. The van der Waals surface area contributed by atoms with Crippen molar-refractivity contribution < 1.29 is 9.53 Å². The molecule has 0 aromatic heterocycles. The Morgan fingerprint density at radius 3 is 2.73 bits per heavy atom. The van der Waals surface area contributed by atoms with Crippen molar-refractivity contribution in [3.05, 3.63) is 0 Å². The molecule has 86 valence electrons. The van der Waals surface area contributed by atoms with Gasteiger partial charge >= 0.3 is 6.03 Å². The number of carbonyl (C=O) groups is 1. The SMILES string of the molecule is O=C(NCC1CCCCO1)N1CCCC1. The number of nitrogens with zero attached hydrogens (tertiary/aromatic N) is 1. The van der Waals surface area contributed by atoms with Crippen LogP contribution in [0.3, 0.4) is 0 Å². The van der Waals surface area contributed by atoms with Crippen LogP contribution in [0.2, 0.25) is 0 Å². The maximum atomic E-state index is 11.6. The molecule has 15 heavy (non-hydrogen) atoms. The highest BCUT2D eigenvalue weighted by molar-refractivity contribution is 5.74. The second-order valence-corrected chi connectivity index (χ2v) is 4.37. The average Bonchev–Trinajstić information content (AvgIpc) is 2.81. The van der Waals surface area contributed by atoms with E-state index in [0.29, 0.717) is 6.54 Å². The third-order valence-electron chi connectivity index (χ3n) is 3.15. The predicted octanol–water partition coefficient (Wildman–Crippen LogP) is 1.36. The van der Waals surface area contributed by atoms with Crippen LogP contribution in [0.5, 0.6) is 0 Å². The molecule has 1 atom stereocenters. The Labute approximate surface area is 91.0 Å². The van der Waals surface area contributed by atoms with E-state index < -0.39 is 0 Å². The monoisotopic (exact) mass is 212 g/mol. The smallest absolute Gasteiger partial charge is 0.317 e. The van der Waals surface area contributed by atoms with Crippen LogP contribution in [0.1, 0.15) is 32.1 Å². The summed E-state index contributed by atoms with van der Waals surface area (Å²) in [5, 5.41) is 2.96. The van der Waals surface area contributed by atoms with Crippen molar-refractivity contribution in [2.75, 3.05) is 26.2 Å². The number of hydrogen-bond donors (Lipinski definition) is 1. The minimum Gasteiger partial charge on any atom is -0.376 e. The van der Waals surface area contributed by atoms with E-state index in [9.17, 15) is 4.79 Å². The lowest BCUT2D eigenvalue weighted by molar-refractivity contribution is 0.0179. The fourth-order valence-corrected chi connectivity index (χ4v) is 2.20. The summed E-state index contributed by atoms with van der Waals surface area (Å²) < 4.78 is 5.56. The Morgan fingerprint density at radius 2 is 2.07 bits per heavy atom. The topological polar surface area (TPSA) is 41.6 Å². The van der Waals surface area contributed by atoms with Crippen molar-refractivity contribution in [1.29, 1.82) is 0 Å². The number of hydrogen-bond acceptors (Lipinski definition) is 2. The number of ether oxygens (including phenoxy) is 1. The van der Waals surface area contributed by atoms with Crippen molar-refractivity contribution >= 4 is 6.03 Å². The van der Waals surface area contributed by atoms with E-state index in [1.54, 1.807) is 0 Å². The van der Waals surface area contributed by atoms with Gasteiger partial charge in [-0.2, -0.15) is 0 Å². The first-order valence-electron chi connectivity index (χ1n) is 6.00. The summed E-state index contributed by atoms with van der Waals surface area (Å²) in [5.74, 6) is 0. The largest absolute Gasteiger partial charge is 0.376 e. The molecule has 0 radical (unpaired) electrons. The van der Waals surface area contributed by atoms with Gasteiger partial charge in [0.25, 0.3) is 0 Å². The number of amides is 2. The summed E-state index contributed by atoms with van der Waals surface area (Å²) in [5.41, 5.74) is 0. The minimum atomic E-state index is 0.0849. The second kappa shape index (κ2) is 5.35. The molecule has 0 aliphatic carbocycles. The third kappa shape index (κ3) is 3.09. The van der Waals surface area contributed by atoms with Crippen LogP contribution in [0.4, 0.5) is 4.79 Å². The van der Waals surface area contributed by atoms with Gasteiger partial charge in [0, 0.05) is 26.2 Å². The van der Waals surface area contributed by atoms with E-state index in [0.717, 1.165) is 45.4 Å². The average molecular weight is 212 g/mol. The minimum absolute atomic E-state index is 0.0849. The zero-order valence-corrected chi connectivity index (χ0v) is 9.21. The zero-order chi connectivity index (χ0) is 10.5. The number of carbonyl (C=O) groups excluding carboxylic acids is 1. The van der Waals surface area contributed by atoms with Gasteiger partial charge in [-0.25, -0.2) is 4.79 Å². The van der Waals surface area contributed by atoms with Gasteiger partial charge in [0.2, 0.25) is 0 Å². The summed E-state index contributed by atoms with van der Waals surface area (Å²) in [7, 11) is 0. The fourth-order valence-electron chi connectivity index (χ4n) is 2.20. The van der Waals surface area contributed by atoms with Crippen molar-refractivity contribution in [3.63, 3.8) is 0 Å². The number of nitrogens with one attached hydrogen (secondary N) is 1. The molecule has 0 bridgehead atoms. The molecule has 0 spiro atoms. The summed E-state index contributed by atoms with van der Waals surface area (Å²) in [4.78, 5) is 13.5. The lowest BCUT2D eigenvalue weighted by Gasteiger charge is -2.24. The van der Waals surface area contributed by atoms with Crippen LogP contribution in [-0.2, 0) is 4.74 Å². The second-order valence-electron chi connectivity index (χ2n) is 4.37. The molecule has 2 fully saturated rings. The summed E-state index contributed by atoms with van der Waals surface area (Å²) >= 11 is 0. The van der Waals surface area contributed by atoms with E-state index in [2.05, 4.69) is 5.32 Å².